The molecule has 3 rings (SSSR count). The number of hydrogen-bond acceptors (Lipinski definition) is 2. The van der Waals surface area contributed by atoms with Crippen molar-refractivity contribution >= 4 is 34.6 Å². The average Bonchev–Trinajstić information content (AvgIpc) is 3.07. The molecule has 2 aromatic rings. The smallest absolute Gasteiger partial charge is 0.158 e. The molecule has 1 heterocycles. The number of halogens is 2. The summed E-state index contributed by atoms with van der Waals surface area (Å²) in [4.78, 5) is 0. The Balaban J connectivity index is 1.98. The molecule has 1 unspecified atom stereocenters. The highest BCUT2D eigenvalue weighted by Gasteiger charge is 2.39. The third-order valence-corrected chi connectivity index (χ3v) is 5.21. The van der Waals surface area contributed by atoms with Crippen LogP contribution in [-0.2, 0) is 0 Å². The summed E-state index contributed by atoms with van der Waals surface area (Å²) >= 11 is 12.3. The molecule has 0 amide bonds. The second-order valence-electron chi connectivity index (χ2n) is 6.02. The van der Waals surface area contributed by atoms with Gasteiger partial charge in [-0.25, -0.2) is 0 Å². The van der Waals surface area contributed by atoms with Crippen LogP contribution >= 0.6 is 23.2 Å². The maximum atomic E-state index is 8.89. The topological polar surface area (TPSA) is 23.5 Å². The minimum absolute atomic E-state index is 0.550. The number of aliphatic hydroxyl groups is 1. The summed E-state index contributed by atoms with van der Waals surface area (Å²) in [5, 5.41) is 12.2. The Morgan fingerprint density at radius 3 is 2.60 bits per heavy atom. The molecular weight excluding hydrogens is 355 g/mol. The lowest BCUT2D eigenvalue weighted by atomic mass is 10.2. The summed E-state index contributed by atoms with van der Waals surface area (Å²) in [6.45, 7) is 1.77. The molecule has 130 valence electrons. The molecule has 0 saturated heterocycles. The molecule has 0 saturated carbocycles. The molecule has 3 nitrogen and oxygen atoms in total. The Morgan fingerprint density at radius 1 is 1.08 bits per heavy atom. The maximum absolute atomic E-state index is 8.89. The molecule has 0 spiro atoms. The van der Waals surface area contributed by atoms with Crippen LogP contribution < -0.4 is 9.60 Å². The fraction of sp³-hybridized carbons (Fsp3) is 0.200. The molecule has 0 radical (unpaired) electrons. The van der Waals surface area contributed by atoms with Gasteiger partial charge in [-0.2, -0.15) is 9.60 Å². The van der Waals surface area contributed by atoms with Gasteiger partial charge in [-0.1, -0.05) is 41.4 Å². The van der Waals surface area contributed by atoms with E-state index in [1.54, 1.807) is 6.08 Å². The van der Waals surface area contributed by atoms with Crippen LogP contribution in [0.25, 0.3) is 0 Å². The normalized spacial score (nSPS) is 19.8. The van der Waals surface area contributed by atoms with Crippen LogP contribution in [0.1, 0.15) is 12.8 Å². The number of nitrogens with zero attached hydrogens (tertiary/aromatic N) is 2. The number of unbranched alkanes of at least 4 members (excludes halogenated alkanes) is 1. The minimum Gasteiger partial charge on any atom is -0.516 e. The molecule has 0 fully saturated rings. The van der Waals surface area contributed by atoms with Gasteiger partial charge >= 0.3 is 0 Å². The number of para-hydroxylation sites is 1. The van der Waals surface area contributed by atoms with Gasteiger partial charge in [0.05, 0.1) is 28.2 Å². The third kappa shape index (κ3) is 3.69. The second-order valence-corrected chi connectivity index (χ2v) is 6.83. The Kier molecular flexibility index (Phi) is 5.69. The fourth-order valence-corrected chi connectivity index (χ4v) is 3.57. The van der Waals surface area contributed by atoms with Crippen molar-refractivity contribution in [1.29, 1.82) is 0 Å². The van der Waals surface area contributed by atoms with E-state index in [0.29, 0.717) is 14.6 Å². The van der Waals surface area contributed by atoms with Crippen LogP contribution in [0.5, 0.6) is 0 Å². The van der Waals surface area contributed by atoms with E-state index in [4.69, 9.17) is 28.3 Å². The molecule has 1 atom stereocenters. The van der Waals surface area contributed by atoms with Gasteiger partial charge in [-0.3, -0.25) is 0 Å². The van der Waals surface area contributed by atoms with Crippen LogP contribution in [0.3, 0.4) is 0 Å². The standard InChI is InChI=1S/C20H20Cl2N2O/c21-19-11-10-17(16-20(19)22)23-12-7-14-24(23,13-5-2-6-15-25)18-8-3-1-4-9-18/h1,3-4,6-12,15-16H,2,5,13-14H2/p+1. The van der Waals surface area contributed by atoms with E-state index in [2.05, 4.69) is 41.6 Å². The predicted molar refractivity (Wildman–Crippen MR) is 107 cm³/mol. The zero-order valence-corrected chi connectivity index (χ0v) is 15.4. The zero-order chi connectivity index (χ0) is 17.7. The number of aliphatic hydroxyl groups excluding tert-OH is 1. The average molecular weight is 376 g/mol. The van der Waals surface area contributed by atoms with Crippen molar-refractivity contribution < 1.29 is 5.11 Å². The Labute approximate surface area is 158 Å². The first kappa shape index (κ1) is 17.9. The summed E-state index contributed by atoms with van der Waals surface area (Å²) < 4.78 is 0.665. The van der Waals surface area contributed by atoms with Gasteiger partial charge in [-0.15, -0.1) is 0 Å². The molecule has 1 aliphatic heterocycles. The lowest BCUT2D eigenvalue weighted by molar-refractivity contribution is 0.313. The van der Waals surface area contributed by atoms with Crippen molar-refractivity contribution in [3.63, 3.8) is 0 Å². The van der Waals surface area contributed by atoms with E-state index in [0.717, 1.165) is 37.9 Å². The highest BCUT2D eigenvalue weighted by Crippen LogP contribution is 2.37. The summed E-state index contributed by atoms with van der Waals surface area (Å²) in [6.07, 6.45) is 8.97. The first-order valence-electron chi connectivity index (χ1n) is 8.31. The molecule has 1 aliphatic rings. The van der Waals surface area contributed by atoms with Gasteiger partial charge < -0.3 is 5.11 Å². The van der Waals surface area contributed by atoms with E-state index >= 15 is 0 Å². The van der Waals surface area contributed by atoms with E-state index in [1.165, 1.54) is 5.69 Å². The second kappa shape index (κ2) is 7.96. The first-order chi connectivity index (χ1) is 12.2. The molecule has 5 heteroatoms. The van der Waals surface area contributed by atoms with Crippen molar-refractivity contribution in [2.75, 3.05) is 18.1 Å². The van der Waals surface area contributed by atoms with E-state index in [9.17, 15) is 0 Å². The number of quaternary nitrogens is 1. The fourth-order valence-electron chi connectivity index (χ4n) is 3.28. The minimum atomic E-state index is 0.550. The SMILES string of the molecule is OC=CCCC[N+]1(c2ccccc2)CC=CN1c1ccc(Cl)c(Cl)c1. The van der Waals surface area contributed by atoms with E-state index in [1.807, 2.05) is 24.3 Å². The maximum Gasteiger partial charge on any atom is 0.158 e. The molecule has 0 aliphatic carbocycles. The monoisotopic (exact) mass is 375 g/mol. The highest BCUT2D eigenvalue weighted by atomic mass is 35.5. The van der Waals surface area contributed by atoms with Gasteiger partial charge in [0, 0.05) is 18.6 Å². The number of hydrogen-bond donors (Lipinski definition) is 1. The van der Waals surface area contributed by atoms with Crippen molar-refractivity contribution in [1.82, 2.24) is 4.59 Å². The summed E-state index contributed by atoms with van der Waals surface area (Å²) in [5.41, 5.74) is 2.22. The van der Waals surface area contributed by atoms with Crippen LogP contribution in [0.15, 0.2) is 73.1 Å². The summed E-state index contributed by atoms with van der Waals surface area (Å²) in [7, 11) is 0. The lowest BCUT2D eigenvalue weighted by Gasteiger charge is -2.41. The lowest BCUT2D eigenvalue weighted by Crippen LogP contribution is -2.58. The number of rotatable bonds is 6. The van der Waals surface area contributed by atoms with Gasteiger partial charge in [0.2, 0.25) is 0 Å². The number of anilines is 1. The molecule has 0 aromatic heterocycles. The van der Waals surface area contributed by atoms with Crippen molar-refractivity contribution in [2.24, 2.45) is 0 Å². The quantitative estimate of drug-likeness (QED) is 0.374. The van der Waals surface area contributed by atoms with Gasteiger partial charge in [0.15, 0.2) is 5.69 Å². The molecule has 0 bridgehead atoms. The zero-order valence-electron chi connectivity index (χ0n) is 13.9. The van der Waals surface area contributed by atoms with Gasteiger partial charge in [-0.05, 0) is 36.8 Å². The van der Waals surface area contributed by atoms with Crippen molar-refractivity contribution in [3.8, 4) is 0 Å². The van der Waals surface area contributed by atoms with Gasteiger partial charge in [0.1, 0.15) is 13.1 Å². The van der Waals surface area contributed by atoms with Crippen molar-refractivity contribution in [3.05, 3.63) is 83.2 Å². The number of allylic oxidation sites excluding steroid dienone is 1. The highest BCUT2D eigenvalue weighted by molar-refractivity contribution is 6.42. The third-order valence-electron chi connectivity index (χ3n) is 4.48. The van der Waals surface area contributed by atoms with Crippen molar-refractivity contribution in [2.45, 2.75) is 12.8 Å². The molecular formula is C20H21Cl2N2O+. The van der Waals surface area contributed by atoms with E-state index < -0.39 is 0 Å². The Hall–Kier alpha value is -1.94. The van der Waals surface area contributed by atoms with Crippen LogP contribution in [0.2, 0.25) is 10.0 Å². The Bertz CT molecular complexity index is 777. The largest absolute Gasteiger partial charge is 0.516 e. The number of benzene rings is 2. The predicted octanol–water partition coefficient (Wildman–Crippen LogP) is 6.10. The summed E-state index contributed by atoms with van der Waals surface area (Å²) in [5.74, 6) is 0. The Morgan fingerprint density at radius 2 is 1.88 bits per heavy atom. The molecule has 2 aromatic carbocycles. The molecule has 1 N–H and O–H groups in total. The first-order valence-corrected chi connectivity index (χ1v) is 9.06. The van der Waals surface area contributed by atoms with Crippen LogP contribution in [-0.4, -0.2) is 18.2 Å². The molecule has 25 heavy (non-hydrogen) atoms. The summed E-state index contributed by atoms with van der Waals surface area (Å²) in [6, 6.07) is 16.2. The van der Waals surface area contributed by atoms with E-state index in [-0.39, 0.29) is 0 Å². The van der Waals surface area contributed by atoms with Gasteiger partial charge in [0.25, 0.3) is 0 Å². The van der Waals surface area contributed by atoms with Crippen LogP contribution in [0.4, 0.5) is 11.4 Å². The van der Waals surface area contributed by atoms with Crippen LogP contribution in [0, 0.1) is 0 Å².